The molecule has 1 aromatic heterocycles. The summed E-state index contributed by atoms with van der Waals surface area (Å²) in [4.78, 5) is 0. The number of anilines is 2. The van der Waals surface area contributed by atoms with Gasteiger partial charge in [0.05, 0.1) is 17.6 Å². The van der Waals surface area contributed by atoms with Crippen molar-refractivity contribution in [2.45, 2.75) is 0 Å². The molecule has 0 bridgehead atoms. The molecule has 0 aliphatic heterocycles. The van der Waals surface area contributed by atoms with E-state index in [9.17, 15) is 0 Å². The van der Waals surface area contributed by atoms with Gasteiger partial charge in [-0.05, 0) is 29.8 Å². The lowest BCUT2D eigenvalue weighted by atomic mass is 10.0. The van der Waals surface area contributed by atoms with E-state index in [1.54, 1.807) is 7.11 Å². The number of hydrogen-bond donors (Lipinski definition) is 2. The lowest BCUT2D eigenvalue weighted by Crippen LogP contribution is -1.92. The van der Waals surface area contributed by atoms with Crippen LogP contribution in [0.5, 0.6) is 5.75 Å². The number of nitrogens with zero attached hydrogens (tertiary/aromatic N) is 1. The van der Waals surface area contributed by atoms with Crippen LogP contribution >= 0.6 is 11.6 Å². The van der Waals surface area contributed by atoms with Crippen LogP contribution in [0.3, 0.4) is 0 Å². The third-order valence-electron chi connectivity index (χ3n) is 4.07. The van der Waals surface area contributed by atoms with Gasteiger partial charge >= 0.3 is 0 Å². The van der Waals surface area contributed by atoms with Gasteiger partial charge in [-0.15, -0.1) is 0 Å². The van der Waals surface area contributed by atoms with Crippen molar-refractivity contribution in [2.24, 2.45) is 0 Å². The Balaban J connectivity index is 1.77. The zero-order valence-corrected chi connectivity index (χ0v) is 14.3. The summed E-state index contributed by atoms with van der Waals surface area (Å²) < 4.78 is 5.27. The van der Waals surface area contributed by atoms with E-state index in [1.165, 1.54) is 0 Å². The topological polar surface area (TPSA) is 49.9 Å². The molecule has 1 heterocycles. The summed E-state index contributed by atoms with van der Waals surface area (Å²) in [6.45, 7) is 0. The van der Waals surface area contributed by atoms with Gasteiger partial charge < -0.3 is 10.1 Å². The van der Waals surface area contributed by atoms with Gasteiger partial charge in [-0.3, -0.25) is 5.10 Å². The fourth-order valence-electron chi connectivity index (χ4n) is 2.81. The highest BCUT2D eigenvalue weighted by Crippen LogP contribution is 2.35. The predicted octanol–water partition coefficient (Wildman–Crippen LogP) is 5.64. The molecule has 0 saturated carbocycles. The molecule has 3 aromatic carbocycles. The number of benzene rings is 3. The molecule has 0 aliphatic rings. The maximum Gasteiger partial charge on any atom is 0.160 e. The quantitative estimate of drug-likeness (QED) is 0.501. The number of fused-ring (bicyclic) bond motifs is 1. The van der Waals surface area contributed by atoms with E-state index >= 15 is 0 Å². The van der Waals surface area contributed by atoms with Crippen LogP contribution in [-0.2, 0) is 0 Å². The number of nitrogens with one attached hydrogen (secondary N) is 2. The van der Waals surface area contributed by atoms with Crippen LogP contribution in [0.25, 0.3) is 22.0 Å². The minimum absolute atomic E-state index is 0.690. The van der Waals surface area contributed by atoms with E-state index in [-0.39, 0.29) is 0 Å². The zero-order chi connectivity index (χ0) is 17.2. The standard InChI is InChI=1S/C20H16ClN3O/c1-25-15-9-5-8-14(10-15)22-20-17-11-16(13-6-3-2-4-7-13)18(21)12-19(17)23-24-20/h2-12H,1H3,(H2,22,23,24). The number of hydrogen-bond acceptors (Lipinski definition) is 3. The molecule has 0 saturated heterocycles. The first-order chi connectivity index (χ1) is 12.2. The van der Waals surface area contributed by atoms with Crippen molar-refractivity contribution < 1.29 is 4.74 Å². The van der Waals surface area contributed by atoms with Gasteiger partial charge in [-0.1, -0.05) is 48.0 Å². The van der Waals surface area contributed by atoms with E-state index < -0.39 is 0 Å². The van der Waals surface area contributed by atoms with Gasteiger partial charge in [0, 0.05) is 22.7 Å². The molecule has 0 amide bonds. The fraction of sp³-hybridized carbons (Fsp3) is 0.0500. The summed E-state index contributed by atoms with van der Waals surface area (Å²) in [7, 11) is 1.65. The molecule has 0 unspecified atom stereocenters. The van der Waals surface area contributed by atoms with Gasteiger partial charge in [0.15, 0.2) is 5.82 Å². The van der Waals surface area contributed by atoms with Gasteiger partial charge in [-0.2, -0.15) is 5.10 Å². The highest BCUT2D eigenvalue weighted by Gasteiger charge is 2.11. The maximum atomic E-state index is 6.46. The summed E-state index contributed by atoms with van der Waals surface area (Å²) in [6.07, 6.45) is 0. The summed E-state index contributed by atoms with van der Waals surface area (Å²) in [5, 5.41) is 12.4. The monoisotopic (exact) mass is 349 g/mol. The first-order valence-electron chi connectivity index (χ1n) is 7.89. The van der Waals surface area contributed by atoms with Gasteiger partial charge in [0.25, 0.3) is 0 Å². The van der Waals surface area contributed by atoms with Gasteiger partial charge in [0.1, 0.15) is 5.75 Å². The molecular formula is C20H16ClN3O. The summed E-state index contributed by atoms with van der Waals surface area (Å²) in [5.74, 6) is 1.54. The lowest BCUT2D eigenvalue weighted by molar-refractivity contribution is 0.415. The molecule has 0 atom stereocenters. The molecule has 0 spiro atoms. The zero-order valence-electron chi connectivity index (χ0n) is 13.6. The first-order valence-corrected chi connectivity index (χ1v) is 8.26. The molecule has 0 fully saturated rings. The Hall–Kier alpha value is -2.98. The van der Waals surface area contributed by atoms with Gasteiger partial charge in [-0.25, -0.2) is 0 Å². The molecule has 25 heavy (non-hydrogen) atoms. The van der Waals surface area contributed by atoms with Crippen LogP contribution in [0, 0.1) is 0 Å². The molecule has 4 nitrogen and oxygen atoms in total. The van der Waals surface area contributed by atoms with Crippen LogP contribution < -0.4 is 10.1 Å². The average molecular weight is 350 g/mol. The molecule has 0 radical (unpaired) electrons. The number of ether oxygens (including phenoxy) is 1. The Bertz CT molecular complexity index is 1030. The minimum atomic E-state index is 0.690. The van der Waals surface area contributed by atoms with Crippen LogP contribution in [0.15, 0.2) is 66.7 Å². The van der Waals surface area contributed by atoms with Gasteiger partial charge in [0.2, 0.25) is 0 Å². The Morgan fingerprint density at radius 1 is 1.00 bits per heavy atom. The second-order valence-electron chi connectivity index (χ2n) is 5.67. The molecule has 0 aliphatic carbocycles. The smallest absolute Gasteiger partial charge is 0.160 e. The first kappa shape index (κ1) is 15.5. The van der Waals surface area contributed by atoms with Crippen molar-refractivity contribution in [2.75, 3.05) is 12.4 Å². The number of aromatic nitrogens is 2. The van der Waals surface area contributed by atoms with E-state index in [0.29, 0.717) is 5.02 Å². The van der Waals surface area contributed by atoms with Crippen molar-refractivity contribution in [1.82, 2.24) is 10.2 Å². The second-order valence-corrected chi connectivity index (χ2v) is 6.08. The minimum Gasteiger partial charge on any atom is -0.497 e. The van der Waals surface area contributed by atoms with Crippen molar-refractivity contribution in [3.05, 3.63) is 71.8 Å². The third kappa shape index (κ3) is 3.04. The molecule has 4 aromatic rings. The van der Waals surface area contributed by atoms with Crippen molar-refractivity contribution >= 4 is 34.0 Å². The van der Waals surface area contributed by atoms with Crippen LogP contribution in [0.4, 0.5) is 11.5 Å². The molecule has 2 N–H and O–H groups in total. The Morgan fingerprint density at radius 2 is 1.84 bits per heavy atom. The number of methoxy groups -OCH3 is 1. The third-order valence-corrected chi connectivity index (χ3v) is 4.38. The van der Waals surface area contributed by atoms with Crippen LogP contribution in [-0.4, -0.2) is 17.3 Å². The number of H-pyrrole nitrogens is 1. The summed E-state index contributed by atoms with van der Waals surface area (Å²) in [6, 6.07) is 21.8. The van der Waals surface area contributed by atoms with Crippen molar-refractivity contribution in [3.63, 3.8) is 0 Å². The SMILES string of the molecule is COc1cccc(Nc2n[nH]c3cc(Cl)c(-c4ccccc4)cc23)c1. The fourth-order valence-corrected chi connectivity index (χ4v) is 3.08. The van der Waals surface area contributed by atoms with Crippen LogP contribution in [0.1, 0.15) is 0 Å². The van der Waals surface area contributed by atoms with E-state index in [1.807, 2.05) is 60.7 Å². The number of halogens is 1. The maximum absolute atomic E-state index is 6.46. The highest BCUT2D eigenvalue weighted by atomic mass is 35.5. The average Bonchev–Trinajstić information content (AvgIpc) is 3.03. The highest BCUT2D eigenvalue weighted by molar-refractivity contribution is 6.34. The Labute approximate surface area is 150 Å². The Morgan fingerprint density at radius 3 is 2.64 bits per heavy atom. The Kier molecular flexibility index (Phi) is 4.04. The number of rotatable bonds is 4. The summed E-state index contributed by atoms with van der Waals surface area (Å²) in [5.41, 5.74) is 3.84. The normalized spacial score (nSPS) is 10.8. The second kappa shape index (κ2) is 6.49. The summed E-state index contributed by atoms with van der Waals surface area (Å²) >= 11 is 6.46. The lowest BCUT2D eigenvalue weighted by Gasteiger charge is -2.08. The van der Waals surface area contributed by atoms with Crippen molar-refractivity contribution in [1.29, 1.82) is 0 Å². The molecule has 4 rings (SSSR count). The van der Waals surface area contributed by atoms with E-state index in [0.717, 1.165) is 39.3 Å². The van der Waals surface area contributed by atoms with Crippen molar-refractivity contribution in [3.8, 4) is 16.9 Å². The largest absolute Gasteiger partial charge is 0.497 e. The number of aromatic amines is 1. The van der Waals surface area contributed by atoms with E-state index in [4.69, 9.17) is 16.3 Å². The predicted molar refractivity (Wildman–Crippen MR) is 103 cm³/mol. The molecule has 5 heteroatoms. The van der Waals surface area contributed by atoms with Crippen LogP contribution in [0.2, 0.25) is 5.02 Å². The molecule has 124 valence electrons. The molecular weight excluding hydrogens is 334 g/mol. The van der Waals surface area contributed by atoms with E-state index in [2.05, 4.69) is 21.6 Å².